The summed E-state index contributed by atoms with van der Waals surface area (Å²) in [6, 6.07) is 0. The molecule has 4 rings (SSSR count). The molecule has 0 heterocycles. The first-order chi connectivity index (χ1) is 11.0. The van der Waals surface area contributed by atoms with Crippen LogP contribution < -0.4 is 0 Å². The molecule has 0 aromatic carbocycles. The molecule has 0 radical (unpaired) electrons. The lowest BCUT2D eigenvalue weighted by Gasteiger charge is -2.55. The van der Waals surface area contributed by atoms with Crippen LogP contribution in [0, 0.1) is 29.1 Å². The van der Waals surface area contributed by atoms with Crippen molar-refractivity contribution in [1.82, 2.24) is 0 Å². The van der Waals surface area contributed by atoms with Gasteiger partial charge in [-0.3, -0.25) is 4.79 Å². The molecule has 4 aliphatic rings. The smallest absolute Gasteiger partial charge is 0.155 e. The summed E-state index contributed by atoms with van der Waals surface area (Å²) >= 11 is 0. The second kappa shape index (κ2) is 5.44. The van der Waals surface area contributed by atoms with Gasteiger partial charge in [0.2, 0.25) is 0 Å². The number of ketones is 1. The molecule has 0 aromatic heterocycles. The normalized spacial score (nSPS) is 49.2. The van der Waals surface area contributed by atoms with Crippen LogP contribution >= 0.6 is 0 Å². The molecular formula is C21H32O2. The highest BCUT2D eigenvalue weighted by Crippen LogP contribution is 2.65. The average molecular weight is 316 g/mol. The van der Waals surface area contributed by atoms with E-state index in [1.54, 1.807) is 0 Å². The SMILES string of the molecule is CCC[C@]1(O)CC[C@H]2[C@@H]3CCC4=CC(=O)CC[C@@H]4[C@H]3CC[C@@]21C. The molecule has 4 aliphatic carbocycles. The summed E-state index contributed by atoms with van der Waals surface area (Å²) in [5.74, 6) is 3.31. The van der Waals surface area contributed by atoms with E-state index in [0.29, 0.717) is 17.6 Å². The number of carbonyl (C=O) groups excluding carboxylic acids is 1. The molecule has 6 atom stereocenters. The number of hydrogen-bond acceptors (Lipinski definition) is 2. The fraction of sp³-hybridized carbons (Fsp3) is 0.857. The fourth-order valence-corrected chi connectivity index (χ4v) is 7.12. The highest BCUT2D eigenvalue weighted by atomic mass is 16.3. The van der Waals surface area contributed by atoms with Crippen molar-refractivity contribution in [2.75, 3.05) is 0 Å². The van der Waals surface area contributed by atoms with E-state index < -0.39 is 5.60 Å². The second-order valence-corrected chi connectivity index (χ2v) is 9.08. The third kappa shape index (κ3) is 2.20. The zero-order valence-corrected chi connectivity index (χ0v) is 14.8. The van der Waals surface area contributed by atoms with Gasteiger partial charge < -0.3 is 5.11 Å². The van der Waals surface area contributed by atoms with Gasteiger partial charge in [-0.15, -0.1) is 0 Å². The van der Waals surface area contributed by atoms with Crippen molar-refractivity contribution < 1.29 is 9.90 Å². The topological polar surface area (TPSA) is 37.3 Å². The number of allylic oxidation sites excluding steroid dienone is 1. The lowest BCUT2D eigenvalue weighted by atomic mass is 9.50. The van der Waals surface area contributed by atoms with E-state index in [-0.39, 0.29) is 5.41 Å². The molecule has 0 aliphatic heterocycles. The Balaban J connectivity index is 1.61. The molecule has 3 saturated carbocycles. The van der Waals surface area contributed by atoms with Gasteiger partial charge in [-0.25, -0.2) is 0 Å². The van der Waals surface area contributed by atoms with Gasteiger partial charge >= 0.3 is 0 Å². The monoisotopic (exact) mass is 316 g/mol. The minimum atomic E-state index is -0.421. The Labute approximate surface area is 140 Å². The molecule has 1 N–H and O–H groups in total. The number of rotatable bonds is 2. The molecular weight excluding hydrogens is 284 g/mol. The van der Waals surface area contributed by atoms with Crippen LogP contribution in [0.25, 0.3) is 0 Å². The maximum absolute atomic E-state index is 11.8. The van der Waals surface area contributed by atoms with Gasteiger partial charge in [0.05, 0.1) is 5.60 Å². The minimum Gasteiger partial charge on any atom is -0.389 e. The average Bonchev–Trinajstić information content (AvgIpc) is 2.79. The zero-order valence-electron chi connectivity index (χ0n) is 14.8. The van der Waals surface area contributed by atoms with Crippen molar-refractivity contribution in [2.45, 2.75) is 83.7 Å². The molecule has 0 amide bonds. The largest absolute Gasteiger partial charge is 0.389 e. The van der Waals surface area contributed by atoms with Crippen LogP contribution in [0.2, 0.25) is 0 Å². The van der Waals surface area contributed by atoms with Gasteiger partial charge in [0.15, 0.2) is 5.78 Å². The summed E-state index contributed by atoms with van der Waals surface area (Å²) in [6.45, 7) is 4.60. The predicted octanol–water partition coefficient (Wildman–Crippen LogP) is 4.66. The van der Waals surface area contributed by atoms with E-state index >= 15 is 0 Å². The van der Waals surface area contributed by atoms with Gasteiger partial charge in [0.1, 0.15) is 0 Å². The second-order valence-electron chi connectivity index (χ2n) is 9.08. The Morgan fingerprint density at radius 1 is 1.13 bits per heavy atom. The van der Waals surface area contributed by atoms with Gasteiger partial charge in [-0.05, 0) is 86.5 Å². The quantitative estimate of drug-likeness (QED) is 0.804. The van der Waals surface area contributed by atoms with Crippen LogP contribution in [0.1, 0.15) is 78.1 Å². The molecule has 2 heteroatoms. The van der Waals surface area contributed by atoms with Crippen LogP contribution in [0.15, 0.2) is 11.6 Å². The maximum atomic E-state index is 11.8. The van der Waals surface area contributed by atoms with Crippen LogP contribution in [0.5, 0.6) is 0 Å². The number of carbonyl (C=O) groups is 1. The highest BCUT2D eigenvalue weighted by molar-refractivity contribution is 5.91. The molecule has 23 heavy (non-hydrogen) atoms. The molecule has 0 saturated heterocycles. The Morgan fingerprint density at radius 2 is 1.96 bits per heavy atom. The summed E-state index contributed by atoms with van der Waals surface area (Å²) in [5.41, 5.74) is 1.18. The predicted molar refractivity (Wildman–Crippen MR) is 92.0 cm³/mol. The summed E-state index contributed by atoms with van der Waals surface area (Å²) in [6.07, 6.45) is 13.0. The van der Waals surface area contributed by atoms with Crippen molar-refractivity contribution in [3.8, 4) is 0 Å². The van der Waals surface area contributed by atoms with Gasteiger partial charge in [-0.1, -0.05) is 25.8 Å². The van der Waals surface area contributed by atoms with E-state index in [0.717, 1.165) is 50.4 Å². The summed E-state index contributed by atoms with van der Waals surface area (Å²) in [4.78, 5) is 11.8. The number of fused-ring (bicyclic) bond motifs is 5. The van der Waals surface area contributed by atoms with E-state index in [4.69, 9.17) is 0 Å². The van der Waals surface area contributed by atoms with Crippen LogP contribution in [-0.2, 0) is 4.79 Å². The first-order valence-electron chi connectivity index (χ1n) is 9.94. The standard InChI is InChI=1S/C21H32O2/c1-3-10-21(23)12-9-19-18-6-4-14-13-15(22)5-7-16(14)17(18)8-11-20(19,21)2/h13,16-19,23H,3-12H2,1-2H3/t16-,17+,18+,19-,20-,21-/m0/s1. The highest BCUT2D eigenvalue weighted by Gasteiger charge is 2.61. The number of aliphatic hydroxyl groups is 1. The van der Waals surface area contributed by atoms with E-state index in [9.17, 15) is 9.90 Å². The Kier molecular flexibility index (Phi) is 3.75. The maximum Gasteiger partial charge on any atom is 0.155 e. The molecule has 3 fully saturated rings. The molecule has 0 unspecified atom stereocenters. The summed E-state index contributed by atoms with van der Waals surface area (Å²) < 4.78 is 0. The zero-order chi connectivity index (χ0) is 16.2. The van der Waals surface area contributed by atoms with Crippen LogP contribution in [-0.4, -0.2) is 16.5 Å². The minimum absolute atomic E-state index is 0.135. The Bertz CT molecular complexity index is 536. The summed E-state index contributed by atoms with van der Waals surface area (Å²) in [7, 11) is 0. The lowest BCUT2D eigenvalue weighted by molar-refractivity contribution is -0.123. The van der Waals surface area contributed by atoms with Crippen LogP contribution in [0.4, 0.5) is 0 Å². The van der Waals surface area contributed by atoms with Gasteiger partial charge in [-0.2, -0.15) is 0 Å². The van der Waals surface area contributed by atoms with Gasteiger partial charge in [0, 0.05) is 6.42 Å². The third-order valence-corrected chi connectivity index (χ3v) is 8.29. The Morgan fingerprint density at radius 3 is 2.74 bits per heavy atom. The van der Waals surface area contributed by atoms with Crippen LogP contribution in [0.3, 0.4) is 0 Å². The molecule has 0 bridgehead atoms. The van der Waals surface area contributed by atoms with E-state index in [1.165, 1.54) is 31.3 Å². The van der Waals surface area contributed by atoms with E-state index in [1.807, 2.05) is 6.08 Å². The molecule has 0 spiro atoms. The Hall–Kier alpha value is -0.630. The van der Waals surface area contributed by atoms with Crippen molar-refractivity contribution in [2.24, 2.45) is 29.1 Å². The van der Waals surface area contributed by atoms with Crippen molar-refractivity contribution in [1.29, 1.82) is 0 Å². The molecule has 128 valence electrons. The first-order valence-corrected chi connectivity index (χ1v) is 9.94. The first kappa shape index (κ1) is 15.9. The van der Waals surface area contributed by atoms with Crippen molar-refractivity contribution >= 4 is 5.78 Å². The molecule has 0 aromatic rings. The van der Waals surface area contributed by atoms with Gasteiger partial charge in [0.25, 0.3) is 0 Å². The van der Waals surface area contributed by atoms with Crippen molar-refractivity contribution in [3.05, 3.63) is 11.6 Å². The van der Waals surface area contributed by atoms with E-state index in [2.05, 4.69) is 13.8 Å². The lowest BCUT2D eigenvalue weighted by Crippen LogP contribution is -2.52. The molecule has 2 nitrogen and oxygen atoms in total. The summed E-state index contributed by atoms with van der Waals surface area (Å²) in [5, 5.41) is 11.3. The third-order valence-electron chi connectivity index (χ3n) is 8.29. The van der Waals surface area contributed by atoms with Crippen molar-refractivity contribution in [3.63, 3.8) is 0 Å². The fourth-order valence-electron chi connectivity index (χ4n) is 7.12. The number of hydrogen-bond donors (Lipinski definition) is 1.